The van der Waals surface area contributed by atoms with E-state index in [-0.39, 0.29) is 0 Å². The topological polar surface area (TPSA) is 41.5 Å². The number of rotatable bonds is 4. The van der Waals surface area contributed by atoms with Gasteiger partial charge in [-0.25, -0.2) is 9.97 Å². The molecule has 0 aromatic carbocycles. The molecule has 0 spiro atoms. The SMILES string of the molecule is COCc1nc(Cl)cc(N2CCC(N(C)C)CC2)n1. The van der Waals surface area contributed by atoms with Gasteiger partial charge in [-0.1, -0.05) is 11.6 Å². The summed E-state index contributed by atoms with van der Waals surface area (Å²) >= 11 is 6.04. The second-order valence-electron chi connectivity index (χ2n) is 5.08. The lowest BCUT2D eigenvalue weighted by Crippen LogP contribution is -2.42. The number of methoxy groups -OCH3 is 1. The fraction of sp³-hybridized carbons (Fsp3) is 0.692. The van der Waals surface area contributed by atoms with Gasteiger partial charge in [-0.3, -0.25) is 0 Å². The maximum Gasteiger partial charge on any atom is 0.158 e. The van der Waals surface area contributed by atoms with Gasteiger partial charge in [0.2, 0.25) is 0 Å². The normalized spacial score (nSPS) is 17.2. The van der Waals surface area contributed by atoms with E-state index in [4.69, 9.17) is 16.3 Å². The first-order valence-corrected chi connectivity index (χ1v) is 6.91. The molecule has 1 saturated heterocycles. The molecule has 106 valence electrons. The summed E-state index contributed by atoms with van der Waals surface area (Å²) in [6.07, 6.45) is 2.29. The molecule has 1 fully saturated rings. The first-order valence-electron chi connectivity index (χ1n) is 6.54. The first-order chi connectivity index (χ1) is 9.10. The van der Waals surface area contributed by atoms with Crippen molar-refractivity contribution in [3.05, 3.63) is 17.0 Å². The zero-order valence-corrected chi connectivity index (χ0v) is 12.5. The van der Waals surface area contributed by atoms with Crippen LogP contribution in [0.15, 0.2) is 6.07 Å². The molecule has 19 heavy (non-hydrogen) atoms. The predicted octanol–water partition coefficient (Wildman–Crippen LogP) is 1.81. The molecule has 0 radical (unpaired) electrons. The minimum absolute atomic E-state index is 0.391. The largest absolute Gasteiger partial charge is 0.377 e. The molecule has 0 unspecified atom stereocenters. The smallest absolute Gasteiger partial charge is 0.158 e. The monoisotopic (exact) mass is 284 g/mol. The van der Waals surface area contributed by atoms with E-state index in [1.165, 1.54) is 0 Å². The standard InChI is InChI=1S/C13H21ClN4O/c1-17(2)10-4-6-18(7-5-10)13-8-11(14)15-12(16-13)9-19-3/h8,10H,4-7,9H2,1-3H3. The van der Waals surface area contributed by atoms with E-state index in [2.05, 4.69) is 33.9 Å². The van der Waals surface area contributed by atoms with E-state index < -0.39 is 0 Å². The molecule has 1 aromatic heterocycles. The van der Waals surface area contributed by atoms with Crippen molar-refractivity contribution in [3.8, 4) is 0 Å². The van der Waals surface area contributed by atoms with Crippen LogP contribution in [0.25, 0.3) is 0 Å². The fourth-order valence-electron chi connectivity index (χ4n) is 2.42. The summed E-state index contributed by atoms with van der Waals surface area (Å²) < 4.78 is 5.06. The Balaban J connectivity index is 2.06. The molecule has 0 atom stereocenters. The Labute approximate surface area is 119 Å². The van der Waals surface area contributed by atoms with Gasteiger partial charge in [-0.05, 0) is 26.9 Å². The summed E-state index contributed by atoms with van der Waals surface area (Å²) in [4.78, 5) is 13.2. The Bertz CT molecular complexity index is 419. The van der Waals surface area contributed by atoms with Crippen molar-refractivity contribution in [2.45, 2.75) is 25.5 Å². The number of piperidine rings is 1. The average molecular weight is 285 g/mol. The third-order valence-electron chi connectivity index (χ3n) is 3.52. The van der Waals surface area contributed by atoms with E-state index >= 15 is 0 Å². The van der Waals surface area contributed by atoms with Gasteiger partial charge >= 0.3 is 0 Å². The maximum absolute atomic E-state index is 6.04. The van der Waals surface area contributed by atoms with Gasteiger partial charge in [0, 0.05) is 32.3 Å². The van der Waals surface area contributed by atoms with E-state index in [9.17, 15) is 0 Å². The Kier molecular flexibility index (Phi) is 4.96. The van der Waals surface area contributed by atoms with Crippen molar-refractivity contribution in [2.75, 3.05) is 39.2 Å². The third kappa shape index (κ3) is 3.78. The number of hydrogen-bond donors (Lipinski definition) is 0. The summed E-state index contributed by atoms with van der Waals surface area (Å²) in [6, 6.07) is 2.49. The van der Waals surface area contributed by atoms with Gasteiger partial charge in [0.05, 0.1) is 0 Å². The molecule has 6 heteroatoms. The molecular weight excluding hydrogens is 264 g/mol. The molecule has 1 aliphatic heterocycles. The number of nitrogens with zero attached hydrogens (tertiary/aromatic N) is 4. The molecule has 5 nitrogen and oxygen atoms in total. The fourth-order valence-corrected chi connectivity index (χ4v) is 2.61. The molecule has 2 heterocycles. The second kappa shape index (κ2) is 6.50. The van der Waals surface area contributed by atoms with Crippen LogP contribution in [0.3, 0.4) is 0 Å². The Morgan fingerprint density at radius 1 is 1.37 bits per heavy atom. The Morgan fingerprint density at radius 2 is 2.05 bits per heavy atom. The number of ether oxygens (including phenoxy) is 1. The highest BCUT2D eigenvalue weighted by Gasteiger charge is 2.22. The van der Waals surface area contributed by atoms with Crippen LogP contribution >= 0.6 is 11.6 Å². The second-order valence-corrected chi connectivity index (χ2v) is 5.47. The average Bonchev–Trinajstić information content (AvgIpc) is 2.38. The van der Waals surface area contributed by atoms with Gasteiger partial charge < -0.3 is 14.5 Å². The number of halogens is 1. The lowest BCUT2D eigenvalue weighted by molar-refractivity contribution is 0.177. The van der Waals surface area contributed by atoms with Gasteiger partial charge in [-0.2, -0.15) is 0 Å². The van der Waals surface area contributed by atoms with Gasteiger partial charge in [0.25, 0.3) is 0 Å². The third-order valence-corrected chi connectivity index (χ3v) is 3.71. The zero-order chi connectivity index (χ0) is 13.8. The molecule has 1 aliphatic rings. The summed E-state index contributed by atoms with van der Waals surface area (Å²) in [5, 5.41) is 0.479. The number of aromatic nitrogens is 2. The minimum atomic E-state index is 0.391. The van der Waals surface area contributed by atoms with Crippen LogP contribution in [0.5, 0.6) is 0 Å². The molecule has 0 saturated carbocycles. The quantitative estimate of drug-likeness (QED) is 0.789. The Morgan fingerprint density at radius 3 is 2.63 bits per heavy atom. The number of anilines is 1. The van der Waals surface area contributed by atoms with Crippen molar-refractivity contribution >= 4 is 17.4 Å². The molecule has 2 rings (SSSR count). The Hall–Kier alpha value is -0.910. The van der Waals surface area contributed by atoms with Crippen LogP contribution in [0, 0.1) is 0 Å². The molecule has 0 aliphatic carbocycles. The van der Waals surface area contributed by atoms with Crippen LogP contribution in [0.4, 0.5) is 5.82 Å². The van der Waals surface area contributed by atoms with Gasteiger partial charge in [0.15, 0.2) is 5.82 Å². The van der Waals surface area contributed by atoms with Crippen molar-refractivity contribution in [1.29, 1.82) is 0 Å². The molecule has 0 N–H and O–H groups in total. The number of hydrogen-bond acceptors (Lipinski definition) is 5. The van der Waals surface area contributed by atoms with E-state index in [0.29, 0.717) is 23.6 Å². The molecule has 0 bridgehead atoms. The summed E-state index contributed by atoms with van der Waals surface area (Å²) in [5.41, 5.74) is 0. The van der Waals surface area contributed by atoms with Crippen molar-refractivity contribution < 1.29 is 4.74 Å². The van der Waals surface area contributed by atoms with Crippen molar-refractivity contribution in [1.82, 2.24) is 14.9 Å². The maximum atomic E-state index is 6.04. The minimum Gasteiger partial charge on any atom is -0.377 e. The lowest BCUT2D eigenvalue weighted by atomic mass is 10.0. The van der Waals surface area contributed by atoms with E-state index in [0.717, 1.165) is 31.7 Å². The summed E-state index contributed by atoms with van der Waals surface area (Å²) in [5.74, 6) is 1.55. The van der Waals surface area contributed by atoms with Crippen LogP contribution < -0.4 is 4.90 Å². The highest BCUT2D eigenvalue weighted by molar-refractivity contribution is 6.29. The van der Waals surface area contributed by atoms with Gasteiger partial charge in [0.1, 0.15) is 17.6 Å². The predicted molar refractivity (Wildman–Crippen MR) is 76.7 cm³/mol. The van der Waals surface area contributed by atoms with Crippen molar-refractivity contribution in [2.24, 2.45) is 0 Å². The molecule has 1 aromatic rings. The van der Waals surface area contributed by atoms with E-state index in [1.54, 1.807) is 7.11 Å². The van der Waals surface area contributed by atoms with Crippen molar-refractivity contribution in [3.63, 3.8) is 0 Å². The highest BCUT2D eigenvalue weighted by atomic mass is 35.5. The highest BCUT2D eigenvalue weighted by Crippen LogP contribution is 2.22. The van der Waals surface area contributed by atoms with E-state index in [1.807, 2.05) is 6.07 Å². The molecular formula is C13H21ClN4O. The molecule has 0 amide bonds. The van der Waals surface area contributed by atoms with Crippen LogP contribution in [0.1, 0.15) is 18.7 Å². The first kappa shape index (κ1) is 14.5. The lowest BCUT2D eigenvalue weighted by Gasteiger charge is -2.35. The van der Waals surface area contributed by atoms with Crippen LogP contribution in [-0.2, 0) is 11.3 Å². The zero-order valence-electron chi connectivity index (χ0n) is 11.8. The summed E-state index contributed by atoms with van der Waals surface area (Å²) in [6.45, 7) is 2.40. The van der Waals surface area contributed by atoms with Gasteiger partial charge in [-0.15, -0.1) is 0 Å². The van der Waals surface area contributed by atoms with Crippen LogP contribution in [0.2, 0.25) is 5.15 Å². The van der Waals surface area contributed by atoms with Crippen LogP contribution in [-0.4, -0.2) is 55.2 Å². The summed E-state index contributed by atoms with van der Waals surface area (Å²) in [7, 11) is 5.91.